The van der Waals surface area contributed by atoms with Gasteiger partial charge in [0.1, 0.15) is 6.61 Å². The lowest BCUT2D eigenvalue weighted by atomic mass is 9.91. The molecule has 0 aliphatic heterocycles. The van der Waals surface area contributed by atoms with Crippen molar-refractivity contribution in [1.29, 1.82) is 0 Å². The maximum absolute atomic E-state index is 5.77. The summed E-state index contributed by atoms with van der Waals surface area (Å²) in [5.74, 6) is 0.654. The Bertz CT molecular complexity index is 530. The third kappa shape index (κ3) is 3.78. The van der Waals surface area contributed by atoms with Gasteiger partial charge in [0, 0.05) is 22.9 Å². The summed E-state index contributed by atoms with van der Waals surface area (Å²) in [6, 6.07) is 8.05. The van der Waals surface area contributed by atoms with Gasteiger partial charge in [-0.05, 0) is 23.1 Å². The molecule has 0 bridgehead atoms. The zero-order valence-electron chi connectivity index (χ0n) is 11.6. The molecule has 102 valence electrons. The van der Waals surface area contributed by atoms with Crippen molar-refractivity contribution < 1.29 is 4.74 Å². The zero-order valence-corrected chi connectivity index (χ0v) is 12.5. The summed E-state index contributed by atoms with van der Waals surface area (Å²) in [6.45, 7) is 7.47. The fraction of sp³-hybridized carbons (Fsp3) is 0.400. The van der Waals surface area contributed by atoms with E-state index in [2.05, 4.69) is 37.9 Å². The van der Waals surface area contributed by atoms with Gasteiger partial charge in [0.2, 0.25) is 5.88 Å². The van der Waals surface area contributed by atoms with Gasteiger partial charge >= 0.3 is 0 Å². The van der Waals surface area contributed by atoms with Gasteiger partial charge in [-0.3, -0.25) is 0 Å². The molecule has 0 radical (unpaired) electrons. The number of thiophene rings is 1. The van der Waals surface area contributed by atoms with E-state index in [1.807, 2.05) is 17.5 Å². The van der Waals surface area contributed by atoms with E-state index in [4.69, 9.17) is 10.5 Å². The van der Waals surface area contributed by atoms with Crippen molar-refractivity contribution >= 4 is 11.3 Å². The highest BCUT2D eigenvalue weighted by Gasteiger charge is 2.17. The number of hydrogen-bond donors (Lipinski definition) is 1. The third-order valence-electron chi connectivity index (χ3n) is 2.81. The Morgan fingerprint density at radius 2 is 2.11 bits per heavy atom. The van der Waals surface area contributed by atoms with Gasteiger partial charge < -0.3 is 10.5 Å². The highest BCUT2D eigenvalue weighted by Crippen LogP contribution is 2.24. The molecule has 0 aromatic carbocycles. The molecule has 0 unspecified atom stereocenters. The molecule has 3 nitrogen and oxygen atoms in total. The van der Waals surface area contributed by atoms with Crippen LogP contribution in [0.15, 0.2) is 29.6 Å². The predicted molar refractivity (Wildman–Crippen MR) is 79.5 cm³/mol. The molecule has 2 heterocycles. The molecule has 0 aliphatic rings. The molecule has 19 heavy (non-hydrogen) atoms. The minimum atomic E-state index is -0.00772. The Morgan fingerprint density at radius 3 is 2.68 bits per heavy atom. The van der Waals surface area contributed by atoms with Gasteiger partial charge in [-0.25, -0.2) is 4.98 Å². The van der Waals surface area contributed by atoms with Gasteiger partial charge in [0.25, 0.3) is 0 Å². The second-order valence-electron chi connectivity index (χ2n) is 5.52. The first-order chi connectivity index (χ1) is 8.99. The van der Waals surface area contributed by atoms with E-state index in [9.17, 15) is 0 Å². The van der Waals surface area contributed by atoms with Gasteiger partial charge in [0.05, 0.1) is 5.69 Å². The molecule has 4 heteroatoms. The maximum atomic E-state index is 5.77. The number of hydrogen-bond acceptors (Lipinski definition) is 4. The quantitative estimate of drug-likeness (QED) is 0.930. The molecule has 0 amide bonds. The molecule has 0 saturated carbocycles. The van der Waals surface area contributed by atoms with Crippen molar-refractivity contribution in [3.05, 3.63) is 45.8 Å². The van der Waals surface area contributed by atoms with E-state index in [0.29, 0.717) is 19.0 Å². The Balaban J connectivity index is 2.19. The van der Waals surface area contributed by atoms with E-state index >= 15 is 0 Å². The molecule has 2 N–H and O–H groups in total. The summed E-state index contributed by atoms with van der Waals surface area (Å²) in [7, 11) is 0. The summed E-state index contributed by atoms with van der Waals surface area (Å²) in [5.41, 5.74) is 7.80. The first-order valence-electron chi connectivity index (χ1n) is 6.36. The third-order valence-corrected chi connectivity index (χ3v) is 3.66. The zero-order chi connectivity index (χ0) is 13.9. The van der Waals surface area contributed by atoms with E-state index in [0.717, 1.165) is 11.3 Å². The van der Waals surface area contributed by atoms with Crippen LogP contribution >= 0.6 is 11.3 Å². The van der Waals surface area contributed by atoms with Crippen LogP contribution in [0.4, 0.5) is 0 Å². The van der Waals surface area contributed by atoms with Gasteiger partial charge in [0.15, 0.2) is 0 Å². The maximum Gasteiger partial charge on any atom is 0.214 e. The van der Waals surface area contributed by atoms with E-state index < -0.39 is 0 Å². The number of nitrogens with zero attached hydrogens (tertiary/aromatic N) is 1. The van der Waals surface area contributed by atoms with E-state index in [1.165, 1.54) is 4.88 Å². The number of aromatic nitrogens is 1. The van der Waals surface area contributed by atoms with Crippen LogP contribution < -0.4 is 10.5 Å². The lowest BCUT2D eigenvalue weighted by Gasteiger charge is -2.19. The topological polar surface area (TPSA) is 48.1 Å². The summed E-state index contributed by atoms with van der Waals surface area (Å²) in [5, 5.41) is 2.04. The molecule has 2 rings (SSSR count). The monoisotopic (exact) mass is 276 g/mol. The molecular weight excluding hydrogens is 256 g/mol. The lowest BCUT2D eigenvalue weighted by Crippen LogP contribution is -2.15. The van der Waals surface area contributed by atoms with Crippen LogP contribution in [0.3, 0.4) is 0 Å². The molecule has 2 aromatic heterocycles. The smallest absolute Gasteiger partial charge is 0.214 e. The molecule has 2 aromatic rings. The average Bonchev–Trinajstić information content (AvgIpc) is 2.88. The average molecular weight is 276 g/mol. The van der Waals surface area contributed by atoms with Crippen molar-refractivity contribution in [1.82, 2.24) is 4.98 Å². The molecule has 0 aliphatic carbocycles. The first-order valence-corrected chi connectivity index (χ1v) is 7.23. The normalized spacial score (nSPS) is 11.6. The van der Waals surface area contributed by atoms with Crippen LogP contribution in [0.2, 0.25) is 0 Å². The minimum absolute atomic E-state index is 0.00772. The largest absolute Gasteiger partial charge is 0.472 e. The first kappa shape index (κ1) is 14.0. The highest BCUT2D eigenvalue weighted by atomic mass is 32.1. The Morgan fingerprint density at radius 1 is 1.32 bits per heavy atom. The van der Waals surface area contributed by atoms with Crippen LogP contribution in [0.1, 0.15) is 36.9 Å². The summed E-state index contributed by atoms with van der Waals surface area (Å²) in [4.78, 5) is 5.77. The number of ether oxygens (including phenoxy) is 1. The molecule has 0 atom stereocenters. The van der Waals surface area contributed by atoms with Crippen molar-refractivity contribution in [3.8, 4) is 5.88 Å². The highest BCUT2D eigenvalue weighted by molar-refractivity contribution is 7.09. The van der Waals surface area contributed by atoms with Gasteiger partial charge in [-0.2, -0.15) is 0 Å². The number of nitrogens with two attached hydrogens (primary N) is 1. The predicted octanol–water partition coefficient (Wildman–Crippen LogP) is 3.48. The lowest BCUT2D eigenvalue weighted by molar-refractivity contribution is 0.294. The van der Waals surface area contributed by atoms with E-state index in [1.54, 1.807) is 11.3 Å². The summed E-state index contributed by atoms with van der Waals surface area (Å²) in [6.07, 6.45) is 0. The second kappa shape index (κ2) is 5.72. The van der Waals surface area contributed by atoms with Crippen molar-refractivity contribution in [2.75, 3.05) is 0 Å². The van der Waals surface area contributed by atoms with Gasteiger partial charge in [-0.15, -0.1) is 11.3 Å². The Hall–Kier alpha value is -1.39. The SMILES string of the molecule is CC(C)(C)c1cc(CN)cc(OCc2cccs2)n1. The fourth-order valence-electron chi connectivity index (χ4n) is 1.67. The summed E-state index contributed by atoms with van der Waals surface area (Å²) >= 11 is 1.68. The van der Waals surface area contributed by atoms with Crippen molar-refractivity contribution in [2.45, 2.75) is 39.3 Å². The Labute approximate surface area is 118 Å². The number of pyridine rings is 1. The number of rotatable bonds is 4. The standard InChI is InChI=1S/C15H20N2OS/c1-15(2,3)13-7-11(9-16)8-14(17-13)18-10-12-5-4-6-19-12/h4-8H,9-10,16H2,1-3H3. The van der Waals surface area contributed by atoms with Crippen LogP contribution in [-0.4, -0.2) is 4.98 Å². The minimum Gasteiger partial charge on any atom is -0.472 e. The van der Waals surface area contributed by atoms with Crippen molar-refractivity contribution in [2.24, 2.45) is 5.73 Å². The van der Waals surface area contributed by atoms with Crippen molar-refractivity contribution in [3.63, 3.8) is 0 Å². The van der Waals surface area contributed by atoms with Gasteiger partial charge in [-0.1, -0.05) is 26.8 Å². The van der Waals surface area contributed by atoms with Crippen LogP contribution in [-0.2, 0) is 18.6 Å². The Kier molecular flexibility index (Phi) is 4.22. The second-order valence-corrected chi connectivity index (χ2v) is 6.55. The van der Waals surface area contributed by atoms with Crippen LogP contribution in [0, 0.1) is 0 Å². The molecule has 0 saturated heterocycles. The molecular formula is C15H20N2OS. The molecule has 0 spiro atoms. The molecule has 0 fully saturated rings. The van der Waals surface area contributed by atoms with Crippen LogP contribution in [0.5, 0.6) is 5.88 Å². The summed E-state index contributed by atoms with van der Waals surface area (Å²) < 4.78 is 5.77. The fourth-order valence-corrected chi connectivity index (χ4v) is 2.29. The van der Waals surface area contributed by atoms with Crippen LogP contribution in [0.25, 0.3) is 0 Å². The van der Waals surface area contributed by atoms with E-state index in [-0.39, 0.29) is 5.41 Å².